The third-order valence-corrected chi connectivity index (χ3v) is 1.15. The van der Waals surface area contributed by atoms with Crippen LogP contribution in [-0.2, 0) is 4.74 Å². The number of hydrogen-bond acceptors (Lipinski definition) is 2. The first-order valence-corrected chi connectivity index (χ1v) is 4.36. The van der Waals surface area contributed by atoms with Gasteiger partial charge in [0.2, 0.25) is 0 Å². The topological polar surface area (TPSA) is 52.3 Å². The summed E-state index contributed by atoms with van der Waals surface area (Å²) in [5.41, 5.74) is 4.76. The maximum atomic E-state index is 10.2. The highest BCUT2D eigenvalue weighted by Crippen LogP contribution is 1.90. The Morgan fingerprint density at radius 3 is 2.91 bits per heavy atom. The van der Waals surface area contributed by atoms with E-state index >= 15 is 0 Å². The van der Waals surface area contributed by atoms with E-state index in [-0.39, 0.29) is 0 Å². The number of halogens is 1. The van der Waals surface area contributed by atoms with E-state index in [1.807, 2.05) is 0 Å². The van der Waals surface area contributed by atoms with E-state index < -0.39 is 12.2 Å². The Balaban J connectivity index is 3.95. The molecule has 0 aromatic carbocycles. The van der Waals surface area contributed by atoms with Crippen LogP contribution in [0.1, 0.15) is 0 Å². The third kappa shape index (κ3) is 5.73. The van der Waals surface area contributed by atoms with Gasteiger partial charge < -0.3 is 10.5 Å². The van der Waals surface area contributed by atoms with Crippen LogP contribution in [0, 0.1) is 11.8 Å². The summed E-state index contributed by atoms with van der Waals surface area (Å²) >= 11 is 2.09. The zero-order valence-electron chi connectivity index (χ0n) is 5.84. The zero-order valence-corrected chi connectivity index (χ0v) is 8.00. The molecule has 4 heteroatoms. The Morgan fingerprint density at radius 2 is 2.55 bits per heavy atom. The van der Waals surface area contributed by atoms with Crippen LogP contribution >= 0.6 is 22.6 Å². The van der Waals surface area contributed by atoms with Gasteiger partial charge in [-0.2, -0.15) is 0 Å². The van der Waals surface area contributed by atoms with Crippen LogP contribution in [0.3, 0.4) is 0 Å². The molecule has 0 aliphatic carbocycles. The Labute approximate surface area is 79.1 Å². The number of ether oxygens (including phenoxy) is 1. The lowest BCUT2D eigenvalue weighted by Gasteiger charge is -2.02. The maximum absolute atomic E-state index is 10.2. The molecule has 0 aromatic heterocycles. The Kier molecular flexibility index (Phi) is 5.65. The van der Waals surface area contributed by atoms with Crippen LogP contribution in [0.2, 0.25) is 0 Å². The molecular weight excluding hydrogens is 257 g/mol. The summed E-state index contributed by atoms with van der Waals surface area (Å²) in [6.45, 7) is 3.43. The minimum Gasteiger partial charge on any atom is -0.429 e. The average Bonchev–Trinajstić information content (AvgIpc) is 1.97. The molecular formula is C7H8INO2. The second-order valence-electron chi connectivity index (χ2n) is 1.55. The number of amides is 1. The summed E-state index contributed by atoms with van der Waals surface area (Å²) in [6.07, 6.45) is 0.00396. The van der Waals surface area contributed by atoms with Crippen molar-refractivity contribution in [2.45, 2.75) is 6.10 Å². The van der Waals surface area contributed by atoms with Crippen LogP contribution in [0.5, 0.6) is 0 Å². The monoisotopic (exact) mass is 265 g/mol. The van der Waals surface area contributed by atoms with E-state index in [0.29, 0.717) is 4.43 Å². The van der Waals surface area contributed by atoms with Gasteiger partial charge in [-0.3, -0.25) is 0 Å². The van der Waals surface area contributed by atoms with E-state index in [9.17, 15) is 4.79 Å². The lowest BCUT2D eigenvalue weighted by Crippen LogP contribution is -2.19. The van der Waals surface area contributed by atoms with E-state index in [1.54, 1.807) is 0 Å². The second-order valence-corrected chi connectivity index (χ2v) is 2.31. The number of nitrogens with two attached hydrogens (primary N) is 1. The van der Waals surface area contributed by atoms with Crippen molar-refractivity contribution in [1.82, 2.24) is 0 Å². The first-order valence-electron chi connectivity index (χ1n) is 2.83. The van der Waals surface area contributed by atoms with Crippen molar-refractivity contribution in [3.05, 3.63) is 12.7 Å². The average molecular weight is 265 g/mol. The highest BCUT2D eigenvalue weighted by atomic mass is 127. The lowest BCUT2D eigenvalue weighted by atomic mass is 10.3. The predicted molar refractivity (Wildman–Crippen MR) is 51.3 cm³/mol. The van der Waals surface area contributed by atoms with E-state index in [2.05, 4.69) is 45.7 Å². The van der Waals surface area contributed by atoms with Crippen LogP contribution in [0.25, 0.3) is 0 Å². The van der Waals surface area contributed by atoms with Gasteiger partial charge >= 0.3 is 6.09 Å². The maximum Gasteiger partial charge on any atom is 0.406 e. The molecule has 0 fully saturated rings. The van der Waals surface area contributed by atoms with Crippen LogP contribution in [0.15, 0.2) is 12.7 Å². The van der Waals surface area contributed by atoms with Crippen molar-refractivity contribution in [3.63, 3.8) is 0 Å². The molecule has 3 nitrogen and oxygen atoms in total. The van der Waals surface area contributed by atoms with Gasteiger partial charge in [0.15, 0.2) is 6.10 Å². The molecule has 0 radical (unpaired) electrons. The quantitative estimate of drug-likeness (QED) is 0.351. The fourth-order valence-electron chi connectivity index (χ4n) is 0.401. The standard InChI is InChI=1S/C7H8INO2/c1-2-6(4-3-5-8)11-7(9)10/h2,6H,1,5H2,(H2,9,10). The number of primary amides is 1. The molecule has 11 heavy (non-hydrogen) atoms. The summed E-state index contributed by atoms with van der Waals surface area (Å²) in [7, 11) is 0. The van der Waals surface area contributed by atoms with Crippen molar-refractivity contribution in [1.29, 1.82) is 0 Å². The fraction of sp³-hybridized carbons (Fsp3) is 0.286. The Morgan fingerprint density at radius 1 is 1.91 bits per heavy atom. The number of carbonyl (C=O) groups is 1. The van der Waals surface area contributed by atoms with Crippen molar-refractivity contribution < 1.29 is 9.53 Å². The zero-order chi connectivity index (χ0) is 8.69. The van der Waals surface area contributed by atoms with Crippen molar-refractivity contribution in [3.8, 4) is 11.8 Å². The van der Waals surface area contributed by atoms with Gasteiger partial charge in [-0.05, 0) is 6.08 Å². The molecule has 0 heterocycles. The molecule has 0 saturated heterocycles. The lowest BCUT2D eigenvalue weighted by molar-refractivity contribution is 0.150. The summed E-state index contributed by atoms with van der Waals surface area (Å²) < 4.78 is 5.23. The number of hydrogen-bond donors (Lipinski definition) is 1. The molecule has 1 amide bonds. The minimum absolute atomic E-state index is 0.581. The van der Waals surface area contributed by atoms with Crippen molar-refractivity contribution >= 4 is 28.7 Å². The van der Waals surface area contributed by atoms with Gasteiger partial charge in [-0.25, -0.2) is 4.79 Å². The molecule has 0 aromatic rings. The molecule has 0 bridgehead atoms. The van der Waals surface area contributed by atoms with E-state index in [1.165, 1.54) is 6.08 Å². The third-order valence-electron chi connectivity index (χ3n) is 0.768. The molecule has 60 valence electrons. The highest BCUT2D eigenvalue weighted by molar-refractivity contribution is 14.1. The van der Waals surface area contributed by atoms with E-state index in [4.69, 9.17) is 5.73 Å². The van der Waals surface area contributed by atoms with E-state index in [0.717, 1.165) is 0 Å². The SMILES string of the molecule is C=CC(C#CCI)OC(N)=O. The molecule has 0 aliphatic heterocycles. The van der Waals surface area contributed by atoms with Crippen molar-refractivity contribution in [2.24, 2.45) is 5.73 Å². The normalized spacial score (nSPS) is 10.6. The smallest absolute Gasteiger partial charge is 0.406 e. The summed E-state index contributed by atoms with van der Waals surface area (Å²) in [5.74, 6) is 5.39. The molecule has 0 saturated carbocycles. The van der Waals surface area contributed by atoms with Crippen LogP contribution < -0.4 is 5.73 Å². The summed E-state index contributed by atoms with van der Waals surface area (Å²) in [4.78, 5) is 10.2. The number of alkyl halides is 1. The van der Waals surface area contributed by atoms with Crippen LogP contribution in [-0.4, -0.2) is 16.6 Å². The largest absolute Gasteiger partial charge is 0.429 e. The van der Waals surface area contributed by atoms with Gasteiger partial charge in [0.1, 0.15) is 0 Å². The summed E-state index contributed by atoms with van der Waals surface area (Å²) in [5, 5.41) is 0. The first kappa shape index (κ1) is 10.3. The van der Waals surface area contributed by atoms with Gasteiger partial charge in [0.05, 0.1) is 4.43 Å². The van der Waals surface area contributed by atoms with Gasteiger partial charge in [-0.15, -0.1) is 0 Å². The fourth-order valence-corrected chi connectivity index (χ4v) is 0.621. The predicted octanol–water partition coefficient (Wildman–Crippen LogP) is 1.07. The second kappa shape index (κ2) is 6.04. The number of rotatable bonds is 2. The number of carbonyl (C=O) groups excluding carboxylic acids is 1. The van der Waals surface area contributed by atoms with Gasteiger partial charge in [0, 0.05) is 0 Å². The Hall–Kier alpha value is -0.700. The summed E-state index contributed by atoms with van der Waals surface area (Å²) in [6, 6.07) is 0. The van der Waals surface area contributed by atoms with Gasteiger partial charge in [0.25, 0.3) is 0 Å². The van der Waals surface area contributed by atoms with Crippen LogP contribution in [0.4, 0.5) is 4.79 Å². The molecule has 0 spiro atoms. The van der Waals surface area contributed by atoms with Crippen molar-refractivity contribution in [2.75, 3.05) is 4.43 Å². The highest BCUT2D eigenvalue weighted by Gasteiger charge is 2.01. The minimum atomic E-state index is -0.836. The molecule has 0 aliphatic rings. The molecule has 1 atom stereocenters. The molecule has 1 unspecified atom stereocenters. The first-order chi connectivity index (χ1) is 5.20. The Bertz CT molecular complexity index is 204. The van der Waals surface area contributed by atoms with Gasteiger partial charge in [-0.1, -0.05) is 41.0 Å². The molecule has 2 N–H and O–H groups in total. The molecule has 0 rings (SSSR count).